The van der Waals surface area contributed by atoms with Crippen molar-refractivity contribution in [1.82, 2.24) is 10.3 Å². The van der Waals surface area contributed by atoms with Crippen molar-refractivity contribution < 1.29 is 9.53 Å². The van der Waals surface area contributed by atoms with Crippen molar-refractivity contribution in [3.8, 4) is 5.75 Å². The number of anilines is 1. The Hall–Kier alpha value is -2.96. The number of amides is 1. The third-order valence-electron chi connectivity index (χ3n) is 4.19. The molecule has 134 valence electrons. The summed E-state index contributed by atoms with van der Waals surface area (Å²) in [5.41, 5.74) is 2.30. The van der Waals surface area contributed by atoms with E-state index in [0.29, 0.717) is 38.5 Å². The van der Waals surface area contributed by atoms with E-state index in [1.807, 2.05) is 36.4 Å². The highest BCUT2D eigenvalue weighted by molar-refractivity contribution is 7.80. The fourth-order valence-electron chi connectivity index (χ4n) is 2.91. The molecule has 27 heavy (non-hydrogen) atoms. The molecule has 0 atom stereocenters. The van der Waals surface area contributed by atoms with Gasteiger partial charge in [0.2, 0.25) is 0 Å². The van der Waals surface area contributed by atoms with E-state index >= 15 is 0 Å². The topological polar surface area (TPSA) is 54.5 Å². The van der Waals surface area contributed by atoms with E-state index < -0.39 is 0 Å². The van der Waals surface area contributed by atoms with Gasteiger partial charge in [0.1, 0.15) is 17.0 Å². The highest BCUT2D eigenvalue weighted by atomic mass is 35.5. The van der Waals surface area contributed by atoms with E-state index in [9.17, 15) is 4.79 Å². The van der Waals surface area contributed by atoms with Crippen LogP contribution in [-0.2, 0) is 4.79 Å². The number of pyridine rings is 1. The third kappa shape index (κ3) is 3.13. The van der Waals surface area contributed by atoms with Gasteiger partial charge in [0.15, 0.2) is 5.11 Å². The minimum absolute atomic E-state index is 0.230. The Morgan fingerprint density at radius 1 is 1.15 bits per heavy atom. The number of aromatic nitrogens is 1. The summed E-state index contributed by atoms with van der Waals surface area (Å²) in [6.45, 7) is 0. The number of ether oxygens (including phenoxy) is 1. The van der Waals surface area contributed by atoms with Crippen LogP contribution < -0.4 is 15.0 Å². The van der Waals surface area contributed by atoms with Gasteiger partial charge in [0.25, 0.3) is 5.91 Å². The van der Waals surface area contributed by atoms with E-state index in [-0.39, 0.29) is 5.91 Å². The van der Waals surface area contributed by atoms with Gasteiger partial charge in [-0.2, -0.15) is 0 Å². The maximum Gasteiger partial charge on any atom is 0.281 e. The molecule has 1 amide bonds. The van der Waals surface area contributed by atoms with Gasteiger partial charge in [-0.15, -0.1) is 0 Å². The van der Waals surface area contributed by atoms with Gasteiger partial charge < -0.3 is 10.1 Å². The Kier molecular flexibility index (Phi) is 4.51. The molecule has 1 aromatic heterocycles. The van der Waals surface area contributed by atoms with Gasteiger partial charge in [0.05, 0.1) is 23.5 Å². The molecule has 1 N–H and O–H groups in total. The first-order valence-electron chi connectivity index (χ1n) is 8.14. The molecule has 4 rings (SSSR count). The molecule has 2 aromatic carbocycles. The molecular weight excluding hydrogens is 382 g/mol. The number of hydrogen-bond acceptors (Lipinski definition) is 4. The largest absolute Gasteiger partial charge is 0.494 e. The Balaban J connectivity index is 1.74. The van der Waals surface area contributed by atoms with Crippen LogP contribution >= 0.6 is 23.8 Å². The van der Waals surface area contributed by atoms with Crippen molar-refractivity contribution in [3.05, 3.63) is 71.0 Å². The highest BCUT2D eigenvalue weighted by Gasteiger charge is 2.31. The Bertz CT molecular complexity index is 1100. The zero-order valence-corrected chi connectivity index (χ0v) is 15.8. The summed E-state index contributed by atoms with van der Waals surface area (Å²) in [6.07, 6.45) is 1.66. The van der Waals surface area contributed by atoms with Crippen molar-refractivity contribution in [3.63, 3.8) is 0 Å². The van der Waals surface area contributed by atoms with Gasteiger partial charge in [-0.25, -0.2) is 4.98 Å². The van der Waals surface area contributed by atoms with Gasteiger partial charge in [-0.3, -0.25) is 9.69 Å². The van der Waals surface area contributed by atoms with Crippen molar-refractivity contribution in [2.24, 2.45) is 0 Å². The first-order chi connectivity index (χ1) is 13.1. The van der Waals surface area contributed by atoms with Gasteiger partial charge in [-0.05, 0) is 54.7 Å². The van der Waals surface area contributed by atoms with Crippen molar-refractivity contribution in [1.29, 1.82) is 0 Å². The van der Waals surface area contributed by atoms with Gasteiger partial charge >= 0.3 is 0 Å². The molecule has 1 aliphatic rings. The fourth-order valence-corrected chi connectivity index (χ4v) is 3.43. The van der Waals surface area contributed by atoms with E-state index in [1.165, 1.54) is 4.90 Å². The number of nitrogens with one attached hydrogen (secondary N) is 1. The lowest BCUT2D eigenvalue weighted by molar-refractivity contribution is -0.113. The summed E-state index contributed by atoms with van der Waals surface area (Å²) < 4.78 is 5.37. The number of rotatable bonds is 3. The zero-order chi connectivity index (χ0) is 19.0. The maximum absolute atomic E-state index is 12.8. The molecule has 5 nitrogen and oxygen atoms in total. The van der Waals surface area contributed by atoms with Crippen LogP contribution in [0, 0.1) is 0 Å². The predicted octanol–water partition coefficient (Wildman–Crippen LogP) is 4.16. The van der Waals surface area contributed by atoms with Crippen LogP contribution in [0.25, 0.3) is 17.0 Å². The predicted molar refractivity (Wildman–Crippen MR) is 111 cm³/mol. The SMILES string of the molecule is COc1ccc(Cl)c2ccc(/C=C3\NC(=S)N(c4ccccc4)C3=O)nc12. The molecular formula is C20H14ClN3O2S. The summed E-state index contributed by atoms with van der Waals surface area (Å²) in [7, 11) is 1.58. The van der Waals surface area contributed by atoms with Crippen molar-refractivity contribution >= 4 is 57.5 Å². The van der Waals surface area contributed by atoms with Crippen molar-refractivity contribution in [2.45, 2.75) is 0 Å². The number of carbonyl (C=O) groups is 1. The van der Waals surface area contributed by atoms with Crippen LogP contribution in [0.15, 0.2) is 60.3 Å². The number of methoxy groups -OCH3 is 1. The average molecular weight is 396 g/mol. The molecule has 1 aliphatic heterocycles. The third-order valence-corrected chi connectivity index (χ3v) is 4.81. The number of carbonyl (C=O) groups excluding carboxylic acids is 1. The smallest absolute Gasteiger partial charge is 0.281 e. The summed E-state index contributed by atoms with van der Waals surface area (Å²) in [5, 5.41) is 4.66. The minimum atomic E-state index is -0.230. The monoisotopic (exact) mass is 395 g/mol. The van der Waals surface area contributed by atoms with Crippen molar-refractivity contribution in [2.75, 3.05) is 12.0 Å². The number of hydrogen-bond donors (Lipinski definition) is 1. The lowest BCUT2D eigenvalue weighted by atomic mass is 10.1. The second kappa shape index (κ2) is 6.98. The number of para-hydroxylation sites is 1. The molecule has 0 saturated carbocycles. The standard InChI is InChI=1S/C20H14ClN3O2S/c1-26-17-10-9-15(21)14-8-7-12(22-18(14)17)11-16-19(25)24(20(27)23-16)13-5-3-2-4-6-13/h2-11H,1H3,(H,23,27)/b16-11-. The fraction of sp³-hybridized carbons (Fsp3) is 0.0500. The molecule has 3 aromatic rings. The van der Waals surface area contributed by atoms with Gasteiger partial charge in [-0.1, -0.05) is 29.8 Å². The minimum Gasteiger partial charge on any atom is -0.494 e. The zero-order valence-electron chi connectivity index (χ0n) is 14.3. The molecule has 0 unspecified atom stereocenters. The average Bonchev–Trinajstić information content (AvgIpc) is 2.96. The van der Waals surface area contributed by atoms with Gasteiger partial charge in [0, 0.05) is 5.39 Å². The highest BCUT2D eigenvalue weighted by Crippen LogP contribution is 2.30. The second-order valence-electron chi connectivity index (χ2n) is 5.85. The van der Waals surface area contributed by atoms with Crippen LogP contribution in [0.4, 0.5) is 5.69 Å². The number of nitrogens with zero attached hydrogens (tertiary/aromatic N) is 2. The molecule has 2 heterocycles. The normalized spacial score (nSPS) is 15.5. The first kappa shape index (κ1) is 17.5. The van der Waals surface area contributed by atoms with E-state index in [1.54, 1.807) is 31.4 Å². The van der Waals surface area contributed by atoms with Crippen LogP contribution in [0.1, 0.15) is 5.69 Å². The number of thiocarbonyl (C=S) groups is 1. The summed E-state index contributed by atoms with van der Waals surface area (Å²) in [6, 6.07) is 16.4. The second-order valence-corrected chi connectivity index (χ2v) is 6.64. The van der Waals surface area contributed by atoms with Crippen LogP contribution in [-0.4, -0.2) is 23.1 Å². The molecule has 0 aliphatic carbocycles. The number of benzene rings is 2. The quantitative estimate of drug-likeness (QED) is 0.533. The lowest BCUT2D eigenvalue weighted by Gasteiger charge is -2.13. The van der Waals surface area contributed by atoms with Crippen LogP contribution in [0.2, 0.25) is 5.02 Å². The molecule has 0 radical (unpaired) electrons. The number of halogens is 1. The molecule has 0 spiro atoms. The van der Waals surface area contributed by atoms with Crippen LogP contribution in [0.5, 0.6) is 5.75 Å². The molecule has 7 heteroatoms. The molecule has 1 saturated heterocycles. The van der Waals surface area contributed by atoms with E-state index in [0.717, 1.165) is 5.39 Å². The molecule has 0 bridgehead atoms. The van der Waals surface area contributed by atoms with E-state index in [2.05, 4.69) is 10.3 Å². The number of fused-ring (bicyclic) bond motifs is 1. The summed E-state index contributed by atoms with van der Waals surface area (Å²) in [5.74, 6) is 0.382. The van der Waals surface area contributed by atoms with Crippen LogP contribution in [0.3, 0.4) is 0 Å². The maximum atomic E-state index is 12.8. The summed E-state index contributed by atoms with van der Waals surface area (Å²) in [4.78, 5) is 18.8. The lowest BCUT2D eigenvalue weighted by Crippen LogP contribution is -2.30. The Morgan fingerprint density at radius 3 is 2.67 bits per heavy atom. The Labute approximate surface area is 166 Å². The first-order valence-corrected chi connectivity index (χ1v) is 8.92. The summed E-state index contributed by atoms with van der Waals surface area (Å²) >= 11 is 11.6. The van der Waals surface area contributed by atoms with E-state index in [4.69, 9.17) is 28.6 Å². The molecule has 1 fully saturated rings. The Morgan fingerprint density at radius 2 is 1.93 bits per heavy atom.